The van der Waals surface area contributed by atoms with Gasteiger partial charge in [0.25, 0.3) is 0 Å². The molecule has 0 saturated carbocycles. The van der Waals surface area contributed by atoms with Gasteiger partial charge in [-0.25, -0.2) is 0 Å². The van der Waals surface area contributed by atoms with Crippen LogP contribution in [0.15, 0.2) is 24.3 Å². The van der Waals surface area contributed by atoms with Crippen LogP contribution < -0.4 is 15.8 Å². The van der Waals surface area contributed by atoms with Crippen molar-refractivity contribution in [3.63, 3.8) is 0 Å². The zero-order valence-electron chi connectivity index (χ0n) is 12.7. The van der Waals surface area contributed by atoms with E-state index in [9.17, 15) is 4.79 Å². The highest BCUT2D eigenvalue weighted by molar-refractivity contribution is 5.78. The number of ether oxygens (including phenoxy) is 1. The van der Waals surface area contributed by atoms with E-state index in [1.54, 1.807) is 0 Å². The van der Waals surface area contributed by atoms with Gasteiger partial charge in [-0.2, -0.15) is 0 Å². The van der Waals surface area contributed by atoms with Gasteiger partial charge in [0.2, 0.25) is 5.91 Å². The highest BCUT2D eigenvalue weighted by Gasteiger charge is 2.19. The summed E-state index contributed by atoms with van der Waals surface area (Å²) in [6.07, 6.45) is 1.82. The van der Waals surface area contributed by atoms with Gasteiger partial charge in [0.1, 0.15) is 5.75 Å². The molecule has 0 radical (unpaired) electrons. The summed E-state index contributed by atoms with van der Waals surface area (Å²) in [6.45, 7) is 7.03. The maximum atomic E-state index is 11.6. The molecule has 1 amide bonds. The number of amides is 1. The molecule has 1 atom stereocenters. The largest absolute Gasteiger partial charge is 0.493 e. The Hall–Kier alpha value is -1.55. The van der Waals surface area contributed by atoms with E-state index in [1.807, 2.05) is 24.3 Å². The van der Waals surface area contributed by atoms with E-state index < -0.39 is 0 Å². The lowest BCUT2D eigenvalue weighted by atomic mass is 9.96. The van der Waals surface area contributed by atoms with Gasteiger partial charge in [-0.3, -0.25) is 4.79 Å². The molecule has 112 valence electrons. The molecular weight excluding hydrogens is 252 g/mol. The lowest BCUT2D eigenvalue weighted by molar-refractivity contribution is -0.120. The van der Waals surface area contributed by atoms with Gasteiger partial charge in [0.15, 0.2) is 0 Å². The quantitative estimate of drug-likeness (QED) is 0.768. The van der Waals surface area contributed by atoms with Crippen LogP contribution >= 0.6 is 0 Å². The van der Waals surface area contributed by atoms with Crippen LogP contribution in [0.2, 0.25) is 0 Å². The molecule has 3 N–H and O–H groups in total. The fourth-order valence-corrected chi connectivity index (χ4v) is 2.10. The van der Waals surface area contributed by atoms with Crippen LogP contribution in [0.25, 0.3) is 0 Å². The molecule has 4 heteroatoms. The topological polar surface area (TPSA) is 64.3 Å². The molecule has 0 aliphatic carbocycles. The van der Waals surface area contributed by atoms with Gasteiger partial charge in [-0.15, -0.1) is 0 Å². The van der Waals surface area contributed by atoms with Crippen LogP contribution in [-0.2, 0) is 4.79 Å². The molecule has 4 nitrogen and oxygen atoms in total. The van der Waals surface area contributed by atoms with Gasteiger partial charge in [0, 0.05) is 5.56 Å². The molecule has 1 rings (SSSR count). The summed E-state index contributed by atoms with van der Waals surface area (Å²) in [4.78, 5) is 11.6. The number of para-hydroxylation sites is 1. The lowest BCUT2D eigenvalue weighted by Gasteiger charge is -2.23. The van der Waals surface area contributed by atoms with E-state index in [1.165, 1.54) is 0 Å². The van der Waals surface area contributed by atoms with Crippen LogP contribution in [0.5, 0.6) is 5.75 Å². The number of carbonyl (C=O) groups excluding carboxylic acids is 1. The molecule has 0 fully saturated rings. The van der Waals surface area contributed by atoms with E-state index in [2.05, 4.69) is 26.1 Å². The molecule has 20 heavy (non-hydrogen) atoms. The van der Waals surface area contributed by atoms with E-state index >= 15 is 0 Å². The van der Waals surface area contributed by atoms with Crippen molar-refractivity contribution in [3.05, 3.63) is 29.8 Å². The van der Waals surface area contributed by atoms with Gasteiger partial charge in [-0.1, -0.05) is 39.0 Å². The summed E-state index contributed by atoms with van der Waals surface area (Å²) >= 11 is 0. The maximum Gasteiger partial charge on any atom is 0.234 e. The van der Waals surface area contributed by atoms with E-state index in [0.29, 0.717) is 12.5 Å². The first-order chi connectivity index (χ1) is 9.58. The minimum atomic E-state index is -0.138. The fourth-order valence-electron chi connectivity index (χ4n) is 2.10. The summed E-state index contributed by atoms with van der Waals surface area (Å²) in [6, 6.07) is 7.82. The number of rotatable bonds is 8. The Bertz CT molecular complexity index is 419. The number of nitrogens with one attached hydrogen (secondary N) is 1. The molecule has 1 aromatic rings. The highest BCUT2D eigenvalue weighted by Crippen LogP contribution is 2.29. The van der Waals surface area contributed by atoms with E-state index in [-0.39, 0.29) is 18.5 Å². The van der Waals surface area contributed by atoms with Crippen molar-refractivity contribution in [3.8, 4) is 5.75 Å². The second-order valence-electron chi connectivity index (χ2n) is 5.34. The van der Waals surface area contributed by atoms with E-state index in [0.717, 1.165) is 24.2 Å². The summed E-state index contributed by atoms with van der Waals surface area (Å²) in [5.74, 6) is 1.18. The Morgan fingerprint density at radius 3 is 2.65 bits per heavy atom. The van der Waals surface area contributed by atoms with Crippen LogP contribution in [0, 0.1) is 5.92 Å². The lowest BCUT2D eigenvalue weighted by Crippen LogP contribution is -2.34. The van der Waals surface area contributed by atoms with Crippen molar-refractivity contribution in [1.29, 1.82) is 0 Å². The second-order valence-corrected chi connectivity index (χ2v) is 5.34. The van der Waals surface area contributed by atoms with Crippen molar-refractivity contribution in [2.24, 2.45) is 11.7 Å². The van der Waals surface area contributed by atoms with Crippen LogP contribution in [-0.4, -0.2) is 19.1 Å². The van der Waals surface area contributed by atoms with Crippen molar-refractivity contribution in [1.82, 2.24) is 5.32 Å². The average molecular weight is 278 g/mol. The standard InChI is InChI=1S/C16H26N2O2/c1-4-9-20-15-8-6-5-7-13(15)14(10-12(2)3)18-16(19)11-17/h5-8,12,14H,4,9-11,17H2,1-3H3,(H,18,19). The summed E-state index contributed by atoms with van der Waals surface area (Å²) in [5, 5.41) is 2.99. The second kappa shape index (κ2) is 8.59. The number of hydrogen-bond acceptors (Lipinski definition) is 3. The minimum absolute atomic E-state index is 0.00653. The average Bonchev–Trinajstić information content (AvgIpc) is 2.44. The zero-order chi connectivity index (χ0) is 15.0. The molecule has 0 heterocycles. The first kappa shape index (κ1) is 16.5. The SMILES string of the molecule is CCCOc1ccccc1C(CC(C)C)NC(=O)CN. The predicted octanol–water partition coefficient (Wildman–Crippen LogP) is 2.64. The van der Waals surface area contributed by atoms with Gasteiger partial charge in [-0.05, 0) is 24.8 Å². The zero-order valence-corrected chi connectivity index (χ0v) is 12.7. The Morgan fingerprint density at radius 2 is 2.05 bits per heavy atom. The number of benzene rings is 1. The molecule has 0 aliphatic heterocycles. The molecule has 0 bridgehead atoms. The predicted molar refractivity (Wildman–Crippen MR) is 81.6 cm³/mol. The monoisotopic (exact) mass is 278 g/mol. The van der Waals surface area contributed by atoms with Crippen LogP contribution in [0.3, 0.4) is 0 Å². The summed E-state index contributed by atoms with van der Waals surface area (Å²) < 4.78 is 5.78. The molecule has 1 aromatic carbocycles. The smallest absolute Gasteiger partial charge is 0.234 e. The molecule has 0 aliphatic rings. The molecule has 0 saturated heterocycles. The van der Waals surface area contributed by atoms with E-state index in [4.69, 9.17) is 10.5 Å². The normalized spacial score (nSPS) is 12.2. The van der Waals surface area contributed by atoms with Crippen molar-refractivity contribution < 1.29 is 9.53 Å². The van der Waals surface area contributed by atoms with Crippen molar-refractivity contribution in [2.45, 2.75) is 39.7 Å². The molecule has 1 unspecified atom stereocenters. The molecule has 0 aromatic heterocycles. The van der Waals surface area contributed by atoms with Crippen LogP contribution in [0.4, 0.5) is 0 Å². The van der Waals surface area contributed by atoms with Crippen molar-refractivity contribution >= 4 is 5.91 Å². The summed E-state index contributed by atoms with van der Waals surface area (Å²) in [5.41, 5.74) is 6.43. The fraction of sp³-hybridized carbons (Fsp3) is 0.562. The first-order valence-corrected chi connectivity index (χ1v) is 7.29. The third kappa shape index (κ3) is 5.21. The molecule has 0 spiro atoms. The Morgan fingerprint density at radius 1 is 1.35 bits per heavy atom. The van der Waals surface area contributed by atoms with Crippen molar-refractivity contribution in [2.75, 3.05) is 13.2 Å². The first-order valence-electron chi connectivity index (χ1n) is 7.29. The number of nitrogens with two attached hydrogens (primary N) is 1. The van der Waals surface area contributed by atoms with Gasteiger partial charge in [0.05, 0.1) is 19.2 Å². The maximum absolute atomic E-state index is 11.6. The van der Waals surface area contributed by atoms with Gasteiger partial charge < -0.3 is 15.8 Å². The minimum Gasteiger partial charge on any atom is -0.493 e. The summed E-state index contributed by atoms with van der Waals surface area (Å²) in [7, 11) is 0. The van der Waals surface area contributed by atoms with Gasteiger partial charge >= 0.3 is 0 Å². The Balaban J connectivity index is 2.96. The number of hydrogen-bond donors (Lipinski definition) is 2. The highest BCUT2D eigenvalue weighted by atomic mass is 16.5. The number of carbonyl (C=O) groups is 1. The molecular formula is C16H26N2O2. The van der Waals surface area contributed by atoms with Crippen LogP contribution in [0.1, 0.15) is 45.2 Å². The third-order valence-electron chi connectivity index (χ3n) is 2.98. The Kier molecular flexibility index (Phi) is 7.09. The Labute approximate surface area is 121 Å². The third-order valence-corrected chi connectivity index (χ3v) is 2.98.